The van der Waals surface area contributed by atoms with Crippen LogP contribution in [0.15, 0.2) is 60.7 Å². The summed E-state index contributed by atoms with van der Waals surface area (Å²) in [6.07, 6.45) is 0. The zero-order chi connectivity index (χ0) is 22.2. The fourth-order valence-corrected chi connectivity index (χ4v) is 3.04. The lowest BCUT2D eigenvalue weighted by molar-refractivity contribution is -0.118. The van der Waals surface area contributed by atoms with Crippen LogP contribution in [-0.4, -0.2) is 19.1 Å². The van der Waals surface area contributed by atoms with Crippen LogP contribution in [-0.2, 0) is 11.3 Å². The molecule has 0 bridgehead atoms. The molecule has 3 aromatic rings. The van der Waals surface area contributed by atoms with Gasteiger partial charge >= 0.3 is 0 Å². The molecule has 0 aliphatic rings. The lowest BCUT2D eigenvalue weighted by Gasteiger charge is -2.14. The maximum atomic E-state index is 13.3. The van der Waals surface area contributed by atoms with Crippen molar-refractivity contribution in [2.24, 2.45) is 0 Å². The van der Waals surface area contributed by atoms with Crippen molar-refractivity contribution in [3.63, 3.8) is 0 Å². The van der Waals surface area contributed by atoms with E-state index in [0.717, 1.165) is 5.56 Å². The molecule has 0 heterocycles. The zero-order valence-electron chi connectivity index (χ0n) is 16.8. The van der Waals surface area contributed by atoms with Crippen molar-refractivity contribution < 1.29 is 18.7 Å². The van der Waals surface area contributed by atoms with E-state index in [2.05, 4.69) is 10.6 Å². The second kappa shape index (κ2) is 10.9. The first-order valence-corrected chi connectivity index (χ1v) is 10.3. The Balaban J connectivity index is 1.60. The molecule has 0 saturated carbocycles. The maximum Gasteiger partial charge on any atom is 0.262 e. The van der Waals surface area contributed by atoms with Crippen LogP contribution in [0, 0.1) is 5.82 Å². The fourth-order valence-electron chi connectivity index (χ4n) is 2.73. The number of carbonyl (C=O) groups excluding carboxylic acids is 1. The van der Waals surface area contributed by atoms with E-state index in [0.29, 0.717) is 41.0 Å². The normalized spacial score (nSPS) is 10.5. The average Bonchev–Trinajstić information content (AvgIpc) is 2.76. The number of anilines is 2. The molecule has 0 spiro atoms. The number of hydrogen-bond acceptors (Lipinski definition) is 4. The summed E-state index contributed by atoms with van der Waals surface area (Å²) in [6, 6.07) is 16.7. The summed E-state index contributed by atoms with van der Waals surface area (Å²) in [5.41, 5.74) is 2.25. The smallest absolute Gasteiger partial charge is 0.262 e. The van der Waals surface area contributed by atoms with Crippen molar-refractivity contribution in [1.29, 1.82) is 0 Å². The number of hydrogen-bond donors (Lipinski definition) is 2. The van der Waals surface area contributed by atoms with Crippen LogP contribution in [0.3, 0.4) is 0 Å². The van der Waals surface area contributed by atoms with Gasteiger partial charge in [-0.1, -0.05) is 29.3 Å². The molecule has 162 valence electrons. The summed E-state index contributed by atoms with van der Waals surface area (Å²) in [5.74, 6) is 0.219. The third-order valence-corrected chi connectivity index (χ3v) is 4.75. The zero-order valence-corrected chi connectivity index (χ0v) is 18.3. The lowest BCUT2D eigenvalue weighted by atomic mass is 10.2. The van der Waals surface area contributed by atoms with Crippen molar-refractivity contribution >= 4 is 40.5 Å². The monoisotopic (exact) mass is 462 g/mol. The van der Waals surface area contributed by atoms with Gasteiger partial charge in [0, 0.05) is 22.9 Å². The Morgan fingerprint density at radius 2 is 1.68 bits per heavy atom. The number of rotatable bonds is 9. The van der Waals surface area contributed by atoms with Gasteiger partial charge in [-0.3, -0.25) is 4.79 Å². The average molecular weight is 463 g/mol. The van der Waals surface area contributed by atoms with Crippen molar-refractivity contribution in [3.05, 3.63) is 82.1 Å². The Hall–Kier alpha value is -2.96. The Bertz CT molecular complexity index is 1050. The summed E-state index contributed by atoms with van der Waals surface area (Å²) in [6.45, 7) is 2.61. The van der Waals surface area contributed by atoms with Gasteiger partial charge in [0.15, 0.2) is 18.1 Å². The van der Waals surface area contributed by atoms with Crippen LogP contribution in [0.5, 0.6) is 11.5 Å². The van der Waals surface area contributed by atoms with Gasteiger partial charge in [-0.15, -0.1) is 0 Å². The molecule has 3 aromatic carbocycles. The van der Waals surface area contributed by atoms with Gasteiger partial charge in [-0.05, 0) is 67.1 Å². The second-order valence-electron chi connectivity index (χ2n) is 6.54. The summed E-state index contributed by atoms with van der Waals surface area (Å²) in [5, 5.41) is 6.56. The molecule has 2 N–H and O–H groups in total. The predicted octanol–water partition coefficient (Wildman–Crippen LogP) is 6.16. The van der Waals surface area contributed by atoms with Crippen LogP contribution in [0.25, 0.3) is 0 Å². The van der Waals surface area contributed by atoms with Crippen LogP contribution in [0.1, 0.15) is 12.5 Å². The molecule has 31 heavy (non-hydrogen) atoms. The fraction of sp³-hybridized carbons (Fsp3) is 0.174. The lowest BCUT2D eigenvalue weighted by Crippen LogP contribution is -2.20. The molecule has 5 nitrogen and oxygen atoms in total. The van der Waals surface area contributed by atoms with E-state index in [1.807, 2.05) is 19.1 Å². The number of ether oxygens (including phenoxy) is 2. The third-order valence-electron chi connectivity index (χ3n) is 4.21. The van der Waals surface area contributed by atoms with E-state index in [1.54, 1.807) is 36.4 Å². The van der Waals surface area contributed by atoms with Gasteiger partial charge in [-0.2, -0.15) is 0 Å². The summed E-state index contributed by atoms with van der Waals surface area (Å²) >= 11 is 11.7. The van der Waals surface area contributed by atoms with E-state index in [1.165, 1.54) is 12.1 Å². The molecule has 0 aliphatic heterocycles. The van der Waals surface area contributed by atoms with Gasteiger partial charge in [0.2, 0.25) is 0 Å². The molecule has 1 amide bonds. The Morgan fingerprint density at radius 3 is 2.39 bits per heavy atom. The van der Waals surface area contributed by atoms with E-state index in [9.17, 15) is 9.18 Å². The maximum absolute atomic E-state index is 13.3. The third kappa shape index (κ3) is 6.77. The predicted molar refractivity (Wildman–Crippen MR) is 122 cm³/mol. The number of halogens is 3. The van der Waals surface area contributed by atoms with Crippen LogP contribution in [0.4, 0.5) is 15.8 Å². The quantitative estimate of drug-likeness (QED) is 0.399. The molecule has 0 unspecified atom stereocenters. The number of benzene rings is 3. The van der Waals surface area contributed by atoms with Crippen LogP contribution in [0.2, 0.25) is 10.0 Å². The second-order valence-corrected chi connectivity index (χ2v) is 7.38. The molecule has 0 atom stereocenters. The highest BCUT2D eigenvalue weighted by Crippen LogP contribution is 2.29. The van der Waals surface area contributed by atoms with Gasteiger partial charge in [0.25, 0.3) is 5.91 Å². The molecular formula is C23H21Cl2FN2O3. The van der Waals surface area contributed by atoms with E-state index < -0.39 is 5.82 Å². The molecule has 0 fully saturated rings. The minimum Gasteiger partial charge on any atom is -0.490 e. The molecule has 8 heteroatoms. The van der Waals surface area contributed by atoms with Crippen LogP contribution >= 0.6 is 23.2 Å². The van der Waals surface area contributed by atoms with Gasteiger partial charge in [-0.25, -0.2) is 4.39 Å². The van der Waals surface area contributed by atoms with E-state index in [4.69, 9.17) is 32.7 Å². The Morgan fingerprint density at radius 1 is 0.935 bits per heavy atom. The van der Waals surface area contributed by atoms with Gasteiger partial charge in [0.05, 0.1) is 11.6 Å². The van der Waals surface area contributed by atoms with E-state index in [-0.39, 0.29) is 17.5 Å². The number of nitrogens with one attached hydrogen (secondary N) is 2. The number of carbonyl (C=O) groups is 1. The minimum atomic E-state index is -0.465. The standard InChI is InChI=1S/C23H21Cl2FN2O3/c1-2-30-22-11-15(13-27-18-8-9-20(26)19(25)12-18)3-10-21(22)31-14-23(29)28-17-6-4-16(24)5-7-17/h3-12,27H,2,13-14H2,1H3,(H,28,29). The molecule has 0 aliphatic carbocycles. The number of amides is 1. The van der Waals surface area contributed by atoms with Crippen LogP contribution < -0.4 is 20.1 Å². The molecule has 0 aromatic heterocycles. The topological polar surface area (TPSA) is 59.6 Å². The molecule has 3 rings (SSSR count). The van der Waals surface area contributed by atoms with Gasteiger partial charge in [0.1, 0.15) is 5.82 Å². The largest absolute Gasteiger partial charge is 0.490 e. The van der Waals surface area contributed by atoms with E-state index >= 15 is 0 Å². The minimum absolute atomic E-state index is 0.0561. The highest BCUT2D eigenvalue weighted by molar-refractivity contribution is 6.31. The van der Waals surface area contributed by atoms with Crippen molar-refractivity contribution in [2.45, 2.75) is 13.5 Å². The Kier molecular flexibility index (Phi) is 7.98. The van der Waals surface area contributed by atoms with Crippen molar-refractivity contribution in [3.8, 4) is 11.5 Å². The highest BCUT2D eigenvalue weighted by Gasteiger charge is 2.10. The summed E-state index contributed by atoms with van der Waals surface area (Å²) < 4.78 is 24.6. The highest BCUT2D eigenvalue weighted by atomic mass is 35.5. The summed E-state index contributed by atoms with van der Waals surface area (Å²) in [4.78, 5) is 12.2. The van der Waals surface area contributed by atoms with Crippen molar-refractivity contribution in [1.82, 2.24) is 0 Å². The SMILES string of the molecule is CCOc1cc(CNc2ccc(F)c(Cl)c2)ccc1OCC(=O)Nc1ccc(Cl)cc1. The first-order valence-electron chi connectivity index (χ1n) is 9.57. The summed E-state index contributed by atoms with van der Waals surface area (Å²) in [7, 11) is 0. The first kappa shape index (κ1) is 22.7. The van der Waals surface area contributed by atoms with Crippen molar-refractivity contribution in [2.75, 3.05) is 23.8 Å². The molecular weight excluding hydrogens is 442 g/mol. The van der Waals surface area contributed by atoms with Gasteiger partial charge < -0.3 is 20.1 Å². The Labute approximate surface area is 190 Å². The molecule has 0 radical (unpaired) electrons. The molecule has 0 saturated heterocycles. The first-order chi connectivity index (χ1) is 14.9.